The number of halogens is 1. The molecule has 3 aromatic rings. The third-order valence-corrected chi connectivity index (χ3v) is 6.66. The van der Waals surface area contributed by atoms with Crippen LogP contribution in [0.4, 0.5) is 11.4 Å². The number of nitrogens with one attached hydrogen (secondary N) is 2. The van der Waals surface area contributed by atoms with E-state index in [1.165, 1.54) is 12.0 Å². The molecule has 2 aliphatic heterocycles. The number of carboxylic acid groups (broad SMARTS) is 1. The van der Waals surface area contributed by atoms with Crippen LogP contribution in [0, 0.1) is 0 Å². The average Bonchev–Trinajstić information content (AvgIpc) is 3.14. The smallest absolute Gasteiger partial charge is 0.303 e. The van der Waals surface area contributed by atoms with Gasteiger partial charge in [-0.05, 0) is 66.9 Å². The lowest BCUT2D eigenvalue weighted by molar-refractivity contribution is -0.137. The second kappa shape index (κ2) is 9.94. The van der Waals surface area contributed by atoms with Crippen molar-refractivity contribution in [2.24, 2.45) is 0 Å². The third-order valence-electron chi connectivity index (χ3n) is 6.42. The van der Waals surface area contributed by atoms with Crippen LogP contribution in [0.15, 0.2) is 66.7 Å². The monoisotopic (exact) mass is 487 g/mol. The maximum absolute atomic E-state index is 13.1. The molecule has 3 aromatic carbocycles. The molecule has 0 bridgehead atoms. The maximum atomic E-state index is 13.1. The second-order valence-electron chi connectivity index (χ2n) is 8.94. The Balaban J connectivity index is 1.49. The van der Waals surface area contributed by atoms with Crippen LogP contribution in [0.1, 0.15) is 35.1 Å². The number of carbonyl (C=O) groups excluding carboxylic acids is 1. The zero-order valence-corrected chi connectivity index (χ0v) is 19.9. The van der Waals surface area contributed by atoms with E-state index in [9.17, 15) is 9.59 Å². The Hall–Kier alpha value is -3.61. The standard InChI is InChI=1S/C28H26ClN3O3/c29-21-9-12-23-24(16-21)31-28(35)26(23)27(20-7-2-18(3-8-20)6-13-25(33)34)30-22-10-4-19(5-11-22)17-32-14-1-15-32/h2-5,7-12,16,30H,1,6,13-15,17H2,(H,31,35)(H,33,34)/b27-26-. The molecule has 0 unspecified atom stereocenters. The van der Waals surface area contributed by atoms with Crippen molar-refractivity contribution in [3.63, 3.8) is 0 Å². The number of rotatable bonds is 8. The Kier molecular flexibility index (Phi) is 6.57. The van der Waals surface area contributed by atoms with Crippen molar-refractivity contribution < 1.29 is 14.7 Å². The van der Waals surface area contributed by atoms with Crippen LogP contribution < -0.4 is 10.6 Å². The molecule has 5 rings (SSSR count). The molecular weight excluding hydrogens is 462 g/mol. The van der Waals surface area contributed by atoms with Gasteiger partial charge in [0.2, 0.25) is 0 Å². The average molecular weight is 488 g/mol. The van der Waals surface area contributed by atoms with Crippen molar-refractivity contribution in [1.82, 2.24) is 4.90 Å². The van der Waals surface area contributed by atoms with Gasteiger partial charge in [0, 0.05) is 29.2 Å². The van der Waals surface area contributed by atoms with E-state index in [1.807, 2.05) is 42.5 Å². The van der Waals surface area contributed by atoms with E-state index in [0.29, 0.717) is 28.4 Å². The van der Waals surface area contributed by atoms with Gasteiger partial charge in [-0.1, -0.05) is 54.1 Å². The second-order valence-corrected chi connectivity index (χ2v) is 9.37. The van der Waals surface area contributed by atoms with Gasteiger partial charge in [0.1, 0.15) is 0 Å². The molecule has 0 spiro atoms. The molecular formula is C28H26ClN3O3. The molecule has 6 nitrogen and oxygen atoms in total. The van der Waals surface area contributed by atoms with Crippen molar-refractivity contribution in [2.75, 3.05) is 23.7 Å². The molecule has 0 aromatic heterocycles. The first kappa shape index (κ1) is 23.1. The number of aliphatic carboxylic acids is 1. The number of fused-ring (bicyclic) bond motifs is 1. The summed E-state index contributed by atoms with van der Waals surface area (Å²) < 4.78 is 0. The summed E-state index contributed by atoms with van der Waals surface area (Å²) in [6.07, 6.45) is 1.79. The van der Waals surface area contributed by atoms with Crippen molar-refractivity contribution in [1.29, 1.82) is 0 Å². The minimum atomic E-state index is -0.825. The summed E-state index contributed by atoms with van der Waals surface area (Å²) in [6, 6.07) is 21.3. The molecule has 0 radical (unpaired) electrons. The fourth-order valence-electron chi connectivity index (χ4n) is 4.40. The van der Waals surface area contributed by atoms with Crippen LogP contribution in [0.25, 0.3) is 11.3 Å². The summed E-state index contributed by atoms with van der Waals surface area (Å²) in [6.45, 7) is 3.25. The highest BCUT2D eigenvalue weighted by Gasteiger charge is 2.28. The molecule has 2 heterocycles. The molecule has 7 heteroatoms. The molecule has 1 fully saturated rings. The molecule has 0 atom stereocenters. The number of carboxylic acids is 1. The van der Waals surface area contributed by atoms with Gasteiger partial charge in [0.05, 0.1) is 17.0 Å². The lowest BCUT2D eigenvalue weighted by Gasteiger charge is -2.30. The van der Waals surface area contributed by atoms with Crippen LogP contribution in [-0.2, 0) is 22.6 Å². The quantitative estimate of drug-likeness (QED) is 0.366. The van der Waals surface area contributed by atoms with Crippen molar-refractivity contribution >= 4 is 46.1 Å². The van der Waals surface area contributed by atoms with Gasteiger partial charge >= 0.3 is 5.97 Å². The maximum Gasteiger partial charge on any atom is 0.303 e. The number of hydrogen-bond acceptors (Lipinski definition) is 4. The lowest BCUT2D eigenvalue weighted by Crippen LogP contribution is -2.36. The van der Waals surface area contributed by atoms with Crippen molar-refractivity contribution in [3.8, 4) is 0 Å². The molecule has 35 heavy (non-hydrogen) atoms. The number of nitrogens with zero attached hydrogens (tertiary/aromatic N) is 1. The summed E-state index contributed by atoms with van der Waals surface area (Å²) in [4.78, 5) is 26.4. The number of anilines is 2. The van der Waals surface area contributed by atoms with Gasteiger partial charge in [-0.25, -0.2) is 0 Å². The molecule has 1 amide bonds. The summed E-state index contributed by atoms with van der Waals surface area (Å²) in [7, 11) is 0. The summed E-state index contributed by atoms with van der Waals surface area (Å²) in [5, 5.41) is 15.9. The fourth-order valence-corrected chi connectivity index (χ4v) is 4.57. The topological polar surface area (TPSA) is 81.7 Å². The van der Waals surface area contributed by atoms with E-state index >= 15 is 0 Å². The molecule has 1 saturated heterocycles. The zero-order chi connectivity index (χ0) is 24.4. The number of benzene rings is 3. The SMILES string of the molecule is O=C(O)CCc1ccc(/C(Nc2ccc(CN3CCC3)cc2)=C2/C(=O)Nc3cc(Cl)ccc32)cc1. The molecule has 178 valence electrons. The lowest BCUT2D eigenvalue weighted by atomic mass is 9.98. The number of amides is 1. The van der Waals surface area contributed by atoms with E-state index in [1.54, 1.807) is 12.1 Å². The van der Waals surface area contributed by atoms with Crippen molar-refractivity contribution in [3.05, 3.63) is 94.0 Å². The Morgan fingerprint density at radius 3 is 2.37 bits per heavy atom. The van der Waals surface area contributed by atoms with Crippen LogP contribution in [0.5, 0.6) is 0 Å². The number of carbonyl (C=O) groups is 2. The highest BCUT2D eigenvalue weighted by molar-refractivity contribution is 6.38. The predicted molar refractivity (Wildman–Crippen MR) is 139 cm³/mol. The first-order valence-electron chi connectivity index (χ1n) is 11.7. The van der Waals surface area contributed by atoms with Crippen molar-refractivity contribution in [2.45, 2.75) is 25.8 Å². The van der Waals surface area contributed by atoms with Gasteiger partial charge in [-0.15, -0.1) is 0 Å². The Morgan fingerprint density at radius 1 is 1.00 bits per heavy atom. The molecule has 2 aliphatic rings. The van der Waals surface area contributed by atoms with Crippen LogP contribution >= 0.6 is 11.6 Å². The van der Waals surface area contributed by atoms with Crippen LogP contribution in [-0.4, -0.2) is 35.0 Å². The number of hydrogen-bond donors (Lipinski definition) is 3. The Morgan fingerprint density at radius 2 is 1.71 bits per heavy atom. The minimum absolute atomic E-state index is 0.0753. The minimum Gasteiger partial charge on any atom is -0.481 e. The van der Waals surface area contributed by atoms with E-state index in [0.717, 1.165) is 42.0 Å². The molecule has 0 saturated carbocycles. The van der Waals surface area contributed by atoms with Gasteiger partial charge in [0.15, 0.2) is 0 Å². The van der Waals surface area contributed by atoms with Crippen LogP contribution in [0.3, 0.4) is 0 Å². The normalized spacial score (nSPS) is 16.3. The number of aryl methyl sites for hydroxylation is 1. The summed E-state index contributed by atoms with van der Waals surface area (Å²) in [5.41, 5.74) is 6.59. The Bertz CT molecular complexity index is 1300. The van der Waals surface area contributed by atoms with Gasteiger partial charge in [-0.3, -0.25) is 14.5 Å². The third kappa shape index (κ3) is 5.24. The highest BCUT2D eigenvalue weighted by Crippen LogP contribution is 2.39. The largest absolute Gasteiger partial charge is 0.481 e. The summed E-state index contributed by atoms with van der Waals surface area (Å²) in [5.74, 6) is -1.02. The van der Waals surface area contributed by atoms with E-state index < -0.39 is 5.97 Å². The van der Waals surface area contributed by atoms with Gasteiger partial charge in [0.25, 0.3) is 5.91 Å². The number of likely N-dealkylation sites (tertiary alicyclic amines) is 1. The predicted octanol–water partition coefficient (Wildman–Crippen LogP) is 5.50. The Labute approximate surface area is 209 Å². The first-order valence-corrected chi connectivity index (χ1v) is 12.1. The zero-order valence-electron chi connectivity index (χ0n) is 19.2. The fraction of sp³-hybridized carbons (Fsp3) is 0.214. The van der Waals surface area contributed by atoms with Gasteiger partial charge in [-0.2, -0.15) is 0 Å². The van der Waals surface area contributed by atoms with E-state index in [2.05, 4.69) is 27.7 Å². The molecule has 0 aliphatic carbocycles. The van der Waals surface area contributed by atoms with E-state index in [-0.39, 0.29) is 12.3 Å². The van der Waals surface area contributed by atoms with Crippen LogP contribution in [0.2, 0.25) is 5.02 Å². The highest BCUT2D eigenvalue weighted by atomic mass is 35.5. The summed E-state index contributed by atoms with van der Waals surface area (Å²) >= 11 is 6.15. The molecule has 3 N–H and O–H groups in total. The van der Waals surface area contributed by atoms with E-state index in [4.69, 9.17) is 16.7 Å². The van der Waals surface area contributed by atoms with Gasteiger partial charge < -0.3 is 15.7 Å². The first-order chi connectivity index (χ1) is 17.0.